The number of carbonyl (C=O) groups excluding carboxylic acids is 2. The molecule has 3 aromatic rings. The van der Waals surface area contributed by atoms with Crippen LogP contribution >= 0.6 is 11.6 Å². The van der Waals surface area contributed by atoms with Crippen molar-refractivity contribution in [3.63, 3.8) is 0 Å². The number of rotatable bonds is 7. The molecule has 1 saturated heterocycles. The van der Waals surface area contributed by atoms with Gasteiger partial charge in [0.05, 0.1) is 40.0 Å². The number of aryl methyl sites for hydroxylation is 2. The number of benzene rings is 1. The quantitative estimate of drug-likeness (QED) is 0.410. The minimum atomic E-state index is -0.965. The normalized spacial score (nSPS) is 17.6. The lowest BCUT2D eigenvalue weighted by atomic mass is 9.84. The van der Waals surface area contributed by atoms with Crippen molar-refractivity contribution in [3.8, 4) is 17.6 Å². The van der Waals surface area contributed by atoms with Crippen LogP contribution in [0.25, 0.3) is 0 Å². The lowest BCUT2D eigenvalue weighted by Gasteiger charge is -2.38. The molecule has 0 spiro atoms. The van der Waals surface area contributed by atoms with Gasteiger partial charge in [-0.2, -0.15) is 10.4 Å². The molecule has 0 radical (unpaired) electrons. The van der Waals surface area contributed by atoms with E-state index in [-0.39, 0.29) is 22.2 Å². The van der Waals surface area contributed by atoms with Crippen molar-refractivity contribution >= 4 is 23.4 Å². The first-order valence-corrected chi connectivity index (χ1v) is 13.4. The molecule has 1 fully saturated rings. The van der Waals surface area contributed by atoms with E-state index in [9.17, 15) is 24.0 Å². The van der Waals surface area contributed by atoms with E-state index in [1.807, 2.05) is 0 Å². The lowest BCUT2D eigenvalue weighted by molar-refractivity contribution is -0.137. The number of likely N-dealkylation sites (tertiary alicyclic amines) is 1. The largest absolute Gasteiger partial charge is 0.450 e. The molecule has 2 aromatic heterocycles. The molecule has 1 aromatic carbocycles. The number of amides is 2. The summed E-state index contributed by atoms with van der Waals surface area (Å²) in [4.78, 5) is 44.8. The van der Waals surface area contributed by atoms with Gasteiger partial charge in [-0.1, -0.05) is 17.7 Å². The number of hydrogen-bond acceptors (Lipinski definition) is 7. The van der Waals surface area contributed by atoms with Gasteiger partial charge in [0, 0.05) is 6.07 Å². The van der Waals surface area contributed by atoms with Crippen molar-refractivity contribution in [2.24, 2.45) is 5.41 Å². The maximum Gasteiger partial charge on any atom is 0.307 e. The van der Waals surface area contributed by atoms with Crippen LogP contribution in [0.4, 0.5) is 4.39 Å². The number of carbonyl (C=O) groups is 2. The summed E-state index contributed by atoms with van der Waals surface area (Å²) in [6.07, 6.45) is 1.10. The second-order valence-electron chi connectivity index (χ2n) is 10.6. The first-order chi connectivity index (χ1) is 19.3. The highest BCUT2D eigenvalue weighted by molar-refractivity contribution is 6.30. The number of aromatic amines is 1. The minimum Gasteiger partial charge on any atom is -0.450 e. The first-order valence-electron chi connectivity index (χ1n) is 13.0. The smallest absolute Gasteiger partial charge is 0.307 e. The third-order valence-corrected chi connectivity index (χ3v) is 7.48. The second-order valence-corrected chi connectivity index (χ2v) is 11.0. The number of nitrogens with one attached hydrogen (secondary N) is 2. The third kappa shape index (κ3) is 6.23. The monoisotopic (exact) mass is 580 g/mol. The zero-order chi connectivity index (χ0) is 30.1. The highest BCUT2D eigenvalue weighted by Gasteiger charge is 2.46. The number of hydrogen-bond donors (Lipinski definition) is 2. The minimum absolute atomic E-state index is 0.0382. The summed E-state index contributed by atoms with van der Waals surface area (Å²) >= 11 is 6.03. The molecule has 0 aliphatic carbocycles. The maximum atomic E-state index is 13.9. The first kappa shape index (κ1) is 29.7. The van der Waals surface area contributed by atoms with Crippen LogP contribution in [0, 0.1) is 36.4 Å². The van der Waals surface area contributed by atoms with Crippen LogP contribution < -0.4 is 15.6 Å². The zero-order valence-electron chi connectivity index (χ0n) is 23.3. The van der Waals surface area contributed by atoms with E-state index < -0.39 is 46.7 Å². The molecular weight excluding hydrogens is 551 g/mol. The third-order valence-electron chi connectivity index (χ3n) is 7.19. The molecule has 41 heavy (non-hydrogen) atoms. The van der Waals surface area contributed by atoms with Crippen LogP contribution in [0.1, 0.15) is 67.1 Å². The van der Waals surface area contributed by atoms with Gasteiger partial charge in [0.15, 0.2) is 5.75 Å². The Bertz CT molecular complexity index is 1600. The van der Waals surface area contributed by atoms with E-state index in [2.05, 4.69) is 26.6 Å². The Morgan fingerprint density at radius 2 is 1.95 bits per heavy atom. The van der Waals surface area contributed by atoms with Gasteiger partial charge in [0.25, 0.3) is 5.91 Å². The molecule has 10 nitrogen and oxygen atoms in total. The van der Waals surface area contributed by atoms with Gasteiger partial charge in [-0.05, 0) is 77.3 Å². The number of pyridine rings is 1. The number of nitrogens with zero attached hydrogens (tertiary/aromatic N) is 4. The summed E-state index contributed by atoms with van der Waals surface area (Å²) in [5.41, 5.74) is 0.228. The molecule has 12 heteroatoms. The summed E-state index contributed by atoms with van der Waals surface area (Å²) in [6.45, 7) is 8.41. The molecule has 214 valence electrons. The number of H-pyrrole nitrogens is 1. The summed E-state index contributed by atoms with van der Waals surface area (Å²) < 4.78 is 19.5. The molecule has 1 aliphatic heterocycles. The Hall–Kier alpha value is -4.30. The van der Waals surface area contributed by atoms with E-state index in [4.69, 9.17) is 16.3 Å². The summed E-state index contributed by atoms with van der Waals surface area (Å²) in [5, 5.41) is 18.6. The average Bonchev–Trinajstić information content (AvgIpc) is 3.39. The molecule has 0 saturated carbocycles. The van der Waals surface area contributed by atoms with Crippen LogP contribution in [0.15, 0.2) is 41.2 Å². The van der Waals surface area contributed by atoms with Gasteiger partial charge in [-0.3, -0.25) is 14.4 Å². The van der Waals surface area contributed by atoms with E-state index in [1.54, 1.807) is 45.6 Å². The fourth-order valence-corrected chi connectivity index (χ4v) is 5.15. The standard InChI is InChI=1S/C29H30ClFN6O4/c1-15-12-24(27(39)36-35-15)41-23-10-8-21(33-16(23)2)26(38)34-17(3)28(40)37-22(9-11-25(37)29(4,5)14-32)18-6-7-20(31)19(30)13-18/h6-8,10,12-13,17,22,25H,9,11H2,1-5H3,(H,34,38)(H,36,39)/t17-,22+,25-/m1/s1. The fourth-order valence-electron chi connectivity index (χ4n) is 4.96. The molecule has 0 unspecified atom stereocenters. The van der Waals surface area contributed by atoms with Gasteiger partial charge < -0.3 is 15.0 Å². The van der Waals surface area contributed by atoms with Crippen LogP contribution in [-0.2, 0) is 4.79 Å². The lowest BCUT2D eigenvalue weighted by Crippen LogP contribution is -2.52. The van der Waals surface area contributed by atoms with Crippen LogP contribution in [0.5, 0.6) is 11.5 Å². The SMILES string of the molecule is Cc1cc(Oc2ccc(C(=O)N[C@H](C)C(=O)N3[C@H](c4ccc(F)c(Cl)c4)CC[C@@H]3C(C)(C)C#N)nc2C)c(=O)[nH]n1. The number of nitriles is 1. The van der Waals surface area contributed by atoms with E-state index in [0.29, 0.717) is 29.8 Å². The number of ether oxygens (including phenoxy) is 1. The van der Waals surface area contributed by atoms with Crippen LogP contribution in [0.3, 0.4) is 0 Å². The van der Waals surface area contributed by atoms with Gasteiger partial charge in [0.1, 0.15) is 23.3 Å². The Kier molecular flexibility index (Phi) is 8.44. The van der Waals surface area contributed by atoms with E-state index >= 15 is 0 Å². The number of halogens is 2. The van der Waals surface area contributed by atoms with E-state index in [0.717, 1.165) is 0 Å². The molecule has 1 aliphatic rings. The van der Waals surface area contributed by atoms with Crippen molar-refractivity contribution in [2.45, 2.75) is 65.6 Å². The fraction of sp³-hybridized carbons (Fsp3) is 0.379. The highest BCUT2D eigenvalue weighted by Crippen LogP contribution is 2.44. The highest BCUT2D eigenvalue weighted by atomic mass is 35.5. The molecule has 3 atom stereocenters. The summed E-state index contributed by atoms with van der Waals surface area (Å²) in [5.74, 6) is -1.23. The molecule has 2 N–H and O–H groups in total. The van der Waals surface area contributed by atoms with Gasteiger partial charge in [-0.25, -0.2) is 14.5 Å². The predicted molar refractivity (Wildman–Crippen MR) is 149 cm³/mol. The number of aromatic nitrogens is 3. The molecular formula is C29H30ClFN6O4. The van der Waals surface area contributed by atoms with Crippen LogP contribution in [0.2, 0.25) is 5.02 Å². The van der Waals surface area contributed by atoms with Crippen molar-refractivity contribution in [3.05, 3.63) is 80.2 Å². The maximum absolute atomic E-state index is 13.9. The Labute approximate surface area is 241 Å². The second kappa shape index (κ2) is 11.7. The van der Waals surface area contributed by atoms with Gasteiger partial charge >= 0.3 is 5.56 Å². The van der Waals surface area contributed by atoms with Crippen molar-refractivity contribution in [1.29, 1.82) is 5.26 Å². The summed E-state index contributed by atoms with van der Waals surface area (Å²) in [7, 11) is 0. The van der Waals surface area contributed by atoms with Crippen molar-refractivity contribution in [2.75, 3.05) is 0 Å². The van der Waals surface area contributed by atoms with Gasteiger partial charge in [-0.15, -0.1) is 0 Å². The van der Waals surface area contributed by atoms with Crippen molar-refractivity contribution < 1.29 is 18.7 Å². The topological polar surface area (TPSA) is 141 Å². The Morgan fingerprint density at radius 1 is 1.22 bits per heavy atom. The van der Waals surface area contributed by atoms with E-state index in [1.165, 1.54) is 30.3 Å². The Balaban J connectivity index is 1.54. The Morgan fingerprint density at radius 3 is 2.61 bits per heavy atom. The zero-order valence-corrected chi connectivity index (χ0v) is 24.0. The molecule has 3 heterocycles. The molecule has 2 amide bonds. The summed E-state index contributed by atoms with van der Waals surface area (Å²) in [6, 6.07) is 9.18. The molecule has 4 rings (SSSR count). The average molecular weight is 581 g/mol. The predicted octanol–water partition coefficient (Wildman–Crippen LogP) is 4.77. The van der Waals surface area contributed by atoms with Crippen molar-refractivity contribution in [1.82, 2.24) is 25.4 Å². The molecule has 0 bridgehead atoms. The van der Waals surface area contributed by atoms with Crippen LogP contribution in [-0.4, -0.2) is 44.0 Å². The van der Waals surface area contributed by atoms with Gasteiger partial charge in [0.2, 0.25) is 5.91 Å².